The van der Waals surface area contributed by atoms with E-state index in [1.54, 1.807) is 0 Å². The summed E-state index contributed by atoms with van der Waals surface area (Å²) in [7, 11) is 0. The molecule has 0 aliphatic heterocycles. The molecule has 100 valence electrons. The van der Waals surface area contributed by atoms with Crippen LogP contribution in [0.1, 0.15) is 58.8 Å². The Morgan fingerprint density at radius 3 is 2.88 bits per heavy atom. The first-order valence-electron chi connectivity index (χ1n) is 7.07. The van der Waals surface area contributed by atoms with Crippen LogP contribution in [0.2, 0.25) is 0 Å². The van der Waals surface area contributed by atoms with Gasteiger partial charge in [0.25, 0.3) is 0 Å². The summed E-state index contributed by atoms with van der Waals surface area (Å²) in [5, 5.41) is 0. The molecule has 3 unspecified atom stereocenters. The van der Waals surface area contributed by atoms with Crippen LogP contribution in [0.25, 0.3) is 0 Å². The zero-order valence-electron chi connectivity index (χ0n) is 11.3. The van der Waals surface area contributed by atoms with E-state index >= 15 is 0 Å². The number of carbonyl (C=O) groups is 1. The van der Waals surface area contributed by atoms with Crippen LogP contribution in [0.4, 0.5) is 0 Å². The van der Waals surface area contributed by atoms with Crippen LogP contribution in [0.15, 0.2) is 0 Å². The summed E-state index contributed by atoms with van der Waals surface area (Å²) in [5.74, 6) is 0.724. The molecule has 1 aliphatic rings. The van der Waals surface area contributed by atoms with Crippen molar-refractivity contribution in [2.45, 2.75) is 64.9 Å². The number of rotatable bonds is 6. The zero-order chi connectivity index (χ0) is 12.7. The third kappa shape index (κ3) is 5.07. The van der Waals surface area contributed by atoms with Crippen molar-refractivity contribution < 1.29 is 9.53 Å². The van der Waals surface area contributed by atoms with Crippen molar-refractivity contribution in [1.82, 2.24) is 0 Å². The van der Waals surface area contributed by atoms with E-state index in [4.69, 9.17) is 10.5 Å². The highest BCUT2D eigenvalue weighted by Crippen LogP contribution is 2.29. The molecule has 0 spiro atoms. The third-order valence-electron chi connectivity index (χ3n) is 3.84. The second kappa shape index (κ2) is 7.70. The van der Waals surface area contributed by atoms with Crippen LogP contribution in [0.3, 0.4) is 0 Å². The highest BCUT2D eigenvalue weighted by Gasteiger charge is 2.25. The van der Waals surface area contributed by atoms with E-state index in [0.29, 0.717) is 6.54 Å². The Kier molecular flexibility index (Phi) is 6.56. The van der Waals surface area contributed by atoms with Gasteiger partial charge in [0.05, 0.1) is 5.92 Å². The van der Waals surface area contributed by atoms with E-state index in [0.717, 1.165) is 31.6 Å². The SMILES string of the molecule is CCC1CCCC(OC(=O)C(C)CCCN)C1. The first-order valence-corrected chi connectivity index (χ1v) is 7.07. The summed E-state index contributed by atoms with van der Waals surface area (Å²) in [6.45, 7) is 4.82. The molecule has 1 saturated carbocycles. The van der Waals surface area contributed by atoms with Crippen LogP contribution in [-0.2, 0) is 9.53 Å². The Hall–Kier alpha value is -0.570. The van der Waals surface area contributed by atoms with E-state index in [2.05, 4.69) is 6.92 Å². The Morgan fingerprint density at radius 2 is 2.24 bits per heavy atom. The summed E-state index contributed by atoms with van der Waals surface area (Å²) in [5.41, 5.74) is 5.45. The van der Waals surface area contributed by atoms with Gasteiger partial charge in [0.2, 0.25) is 0 Å². The molecular formula is C14H27NO2. The maximum absolute atomic E-state index is 11.8. The van der Waals surface area contributed by atoms with Crippen LogP contribution >= 0.6 is 0 Å². The maximum atomic E-state index is 11.8. The van der Waals surface area contributed by atoms with Crippen LogP contribution in [0, 0.1) is 11.8 Å². The number of carbonyl (C=O) groups excluding carboxylic acids is 1. The molecule has 1 aliphatic carbocycles. The normalized spacial score (nSPS) is 26.5. The van der Waals surface area contributed by atoms with Crippen molar-refractivity contribution in [3.8, 4) is 0 Å². The third-order valence-corrected chi connectivity index (χ3v) is 3.84. The molecule has 2 N–H and O–H groups in total. The molecule has 0 saturated heterocycles. The fourth-order valence-electron chi connectivity index (χ4n) is 2.54. The maximum Gasteiger partial charge on any atom is 0.308 e. The second-order valence-electron chi connectivity index (χ2n) is 5.33. The van der Waals surface area contributed by atoms with Crippen molar-refractivity contribution in [3.63, 3.8) is 0 Å². The fourth-order valence-corrected chi connectivity index (χ4v) is 2.54. The quantitative estimate of drug-likeness (QED) is 0.727. The zero-order valence-corrected chi connectivity index (χ0v) is 11.3. The van der Waals surface area contributed by atoms with Crippen molar-refractivity contribution in [2.24, 2.45) is 17.6 Å². The van der Waals surface area contributed by atoms with E-state index in [9.17, 15) is 4.79 Å². The predicted molar refractivity (Wildman–Crippen MR) is 69.6 cm³/mol. The lowest BCUT2D eigenvalue weighted by Gasteiger charge is -2.29. The molecule has 0 amide bonds. The summed E-state index contributed by atoms with van der Waals surface area (Å²) in [4.78, 5) is 11.8. The van der Waals surface area contributed by atoms with E-state index < -0.39 is 0 Å². The van der Waals surface area contributed by atoms with Crippen molar-refractivity contribution in [3.05, 3.63) is 0 Å². The minimum Gasteiger partial charge on any atom is -0.462 e. The Balaban J connectivity index is 2.29. The number of nitrogens with two attached hydrogens (primary N) is 1. The Labute approximate surface area is 105 Å². The van der Waals surface area contributed by atoms with Gasteiger partial charge in [-0.15, -0.1) is 0 Å². The number of hydrogen-bond donors (Lipinski definition) is 1. The molecule has 0 aromatic rings. The van der Waals surface area contributed by atoms with Gasteiger partial charge in [-0.25, -0.2) is 0 Å². The highest BCUT2D eigenvalue weighted by atomic mass is 16.5. The van der Waals surface area contributed by atoms with Gasteiger partial charge in [-0.1, -0.05) is 26.7 Å². The van der Waals surface area contributed by atoms with E-state index in [1.165, 1.54) is 19.3 Å². The Morgan fingerprint density at radius 1 is 1.47 bits per heavy atom. The van der Waals surface area contributed by atoms with Gasteiger partial charge in [0, 0.05) is 0 Å². The number of esters is 1. The lowest BCUT2D eigenvalue weighted by molar-refractivity contribution is -0.156. The topological polar surface area (TPSA) is 52.3 Å². The van der Waals surface area contributed by atoms with Gasteiger partial charge in [-0.2, -0.15) is 0 Å². The average Bonchev–Trinajstić information content (AvgIpc) is 2.36. The van der Waals surface area contributed by atoms with Gasteiger partial charge in [0.15, 0.2) is 0 Å². The number of hydrogen-bond acceptors (Lipinski definition) is 3. The molecule has 0 heterocycles. The minimum absolute atomic E-state index is 0.000512. The minimum atomic E-state index is -0.0276. The van der Waals surface area contributed by atoms with Crippen LogP contribution in [0.5, 0.6) is 0 Å². The Bertz CT molecular complexity index is 230. The summed E-state index contributed by atoms with van der Waals surface area (Å²) in [6, 6.07) is 0. The summed E-state index contributed by atoms with van der Waals surface area (Å²) < 4.78 is 5.60. The molecule has 1 fully saturated rings. The largest absolute Gasteiger partial charge is 0.462 e. The number of ether oxygens (including phenoxy) is 1. The lowest BCUT2D eigenvalue weighted by atomic mass is 9.85. The van der Waals surface area contributed by atoms with Gasteiger partial charge < -0.3 is 10.5 Å². The molecule has 0 bridgehead atoms. The van der Waals surface area contributed by atoms with E-state index in [-0.39, 0.29) is 18.0 Å². The first kappa shape index (κ1) is 14.5. The van der Waals surface area contributed by atoms with Gasteiger partial charge >= 0.3 is 5.97 Å². The predicted octanol–water partition coefficient (Wildman–Crippen LogP) is 2.87. The molecule has 3 atom stereocenters. The smallest absolute Gasteiger partial charge is 0.308 e. The average molecular weight is 241 g/mol. The van der Waals surface area contributed by atoms with Crippen LogP contribution in [-0.4, -0.2) is 18.6 Å². The molecule has 17 heavy (non-hydrogen) atoms. The van der Waals surface area contributed by atoms with E-state index in [1.807, 2.05) is 6.92 Å². The molecule has 0 aromatic carbocycles. The standard InChI is InChI=1S/C14H27NO2/c1-3-12-7-4-8-13(10-12)17-14(16)11(2)6-5-9-15/h11-13H,3-10,15H2,1-2H3. The van der Waals surface area contributed by atoms with Crippen molar-refractivity contribution in [1.29, 1.82) is 0 Å². The molecule has 0 aromatic heterocycles. The van der Waals surface area contributed by atoms with Gasteiger partial charge in [-0.05, 0) is 44.6 Å². The molecule has 1 rings (SSSR count). The second-order valence-corrected chi connectivity index (χ2v) is 5.33. The monoisotopic (exact) mass is 241 g/mol. The molecule has 3 nitrogen and oxygen atoms in total. The van der Waals surface area contributed by atoms with Gasteiger partial charge in [0.1, 0.15) is 6.10 Å². The lowest BCUT2D eigenvalue weighted by Crippen LogP contribution is -2.28. The molecular weight excluding hydrogens is 214 g/mol. The highest BCUT2D eigenvalue weighted by molar-refractivity contribution is 5.72. The summed E-state index contributed by atoms with van der Waals surface area (Å²) >= 11 is 0. The molecule has 3 heteroatoms. The van der Waals surface area contributed by atoms with Gasteiger partial charge in [-0.3, -0.25) is 4.79 Å². The first-order chi connectivity index (χ1) is 8.17. The van der Waals surface area contributed by atoms with Crippen molar-refractivity contribution >= 4 is 5.97 Å². The fraction of sp³-hybridized carbons (Fsp3) is 0.929. The van der Waals surface area contributed by atoms with Crippen LogP contribution < -0.4 is 5.73 Å². The molecule has 0 radical (unpaired) electrons. The summed E-state index contributed by atoms with van der Waals surface area (Å²) in [6.07, 6.45) is 7.73. The van der Waals surface area contributed by atoms with Crippen molar-refractivity contribution in [2.75, 3.05) is 6.54 Å².